The van der Waals surface area contributed by atoms with Crippen LogP contribution in [0.15, 0.2) is 47.4 Å². The predicted octanol–water partition coefficient (Wildman–Crippen LogP) is 3.20. The molecule has 6 nitrogen and oxygen atoms in total. The number of nitrogens with zero attached hydrogens (tertiary/aromatic N) is 1. The highest BCUT2D eigenvalue weighted by atomic mass is 32.2. The lowest BCUT2D eigenvalue weighted by Gasteiger charge is -2.22. The van der Waals surface area contributed by atoms with Crippen LogP contribution >= 0.6 is 11.8 Å². The van der Waals surface area contributed by atoms with Crippen molar-refractivity contribution < 1.29 is 14.4 Å². The number of hydrogen-bond acceptors (Lipinski definition) is 4. The maximum atomic E-state index is 12.8. The molecule has 0 spiro atoms. The van der Waals surface area contributed by atoms with Crippen LogP contribution in [0, 0.1) is 20.8 Å². The molecule has 7 heteroatoms. The lowest BCUT2D eigenvalue weighted by atomic mass is 9.92. The van der Waals surface area contributed by atoms with Gasteiger partial charge in [-0.1, -0.05) is 48.0 Å². The van der Waals surface area contributed by atoms with Gasteiger partial charge in [0.1, 0.15) is 5.54 Å². The molecule has 2 aromatic rings. The topological polar surface area (TPSA) is 78.5 Å². The zero-order valence-electron chi connectivity index (χ0n) is 16.3. The molecule has 1 heterocycles. The van der Waals surface area contributed by atoms with E-state index < -0.39 is 23.4 Å². The van der Waals surface area contributed by atoms with Crippen molar-refractivity contribution in [3.63, 3.8) is 0 Å². The first-order chi connectivity index (χ1) is 13.2. The Morgan fingerprint density at radius 2 is 1.71 bits per heavy atom. The zero-order valence-corrected chi connectivity index (χ0v) is 17.1. The number of thioether (sulfide) groups is 1. The van der Waals surface area contributed by atoms with Gasteiger partial charge in [0, 0.05) is 4.90 Å². The summed E-state index contributed by atoms with van der Waals surface area (Å²) in [6.45, 7) is 7.66. The van der Waals surface area contributed by atoms with Crippen molar-refractivity contribution in [1.29, 1.82) is 0 Å². The van der Waals surface area contributed by atoms with Crippen LogP contribution in [0.2, 0.25) is 0 Å². The summed E-state index contributed by atoms with van der Waals surface area (Å²) < 4.78 is 0. The minimum Gasteiger partial charge on any atom is -0.318 e. The van der Waals surface area contributed by atoms with E-state index >= 15 is 0 Å². The number of aryl methyl sites for hydroxylation is 3. The summed E-state index contributed by atoms with van der Waals surface area (Å²) in [5.41, 5.74) is 5.26. The number of rotatable bonds is 5. The van der Waals surface area contributed by atoms with Crippen LogP contribution in [0.4, 0.5) is 4.79 Å². The molecule has 0 aliphatic carbocycles. The molecule has 0 radical (unpaired) electrons. The monoisotopic (exact) mass is 397 g/mol. The van der Waals surface area contributed by atoms with Crippen molar-refractivity contribution in [3.8, 4) is 0 Å². The number of hydrazine groups is 1. The average Bonchev–Trinajstić information content (AvgIpc) is 2.86. The van der Waals surface area contributed by atoms with Crippen molar-refractivity contribution in [1.82, 2.24) is 15.8 Å². The molecule has 146 valence electrons. The predicted molar refractivity (Wildman–Crippen MR) is 109 cm³/mol. The average molecular weight is 398 g/mol. The maximum absolute atomic E-state index is 12.8. The standard InChI is InChI=1S/C21H23N3O3S/c1-13-10-14(2)18(15(3)11-13)28-12-17(25)23-24-19(26)21(4,22-20(24)27)16-8-6-5-7-9-16/h5-11H,12H2,1-4H3,(H,22,27)(H,23,25)/t21-/m0/s1. The Labute approximate surface area is 168 Å². The molecule has 0 saturated carbocycles. The summed E-state index contributed by atoms with van der Waals surface area (Å²) in [6.07, 6.45) is 0. The lowest BCUT2D eigenvalue weighted by molar-refractivity contribution is -0.138. The van der Waals surface area contributed by atoms with Crippen LogP contribution in [-0.4, -0.2) is 28.6 Å². The molecule has 0 unspecified atom stereocenters. The minimum atomic E-state index is -1.21. The third kappa shape index (κ3) is 3.75. The van der Waals surface area contributed by atoms with E-state index in [-0.39, 0.29) is 5.75 Å². The van der Waals surface area contributed by atoms with Crippen LogP contribution in [0.3, 0.4) is 0 Å². The number of benzene rings is 2. The van der Waals surface area contributed by atoms with Crippen molar-refractivity contribution in [2.24, 2.45) is 0 Å². The van der Waals surface area contributed by atoms with E-state index in [0.717, 1.165) is 21.0 Å². The molecule has 1 saturated heterocycles. The molecule has 28 heavy (non-hydrogen) atoms. The number of hydrogen-bond donors (Lipinski definition) is 2. The highest BCUT2D eigenvalue weighted by Gasteiger charge is 2.49. The number of carbonyl (C=O) groups excluding carboxylic acids is 3. The van der Waals surface area contributed by atoms with E-state index in [2.05, 4.69) is 22.9 Å². The van der Waals surface area contributed by atoms with Gasteiger partial charge >= 0.3 is 6.03 Å². The molecule has 0 aromatic heterocycles. The van der Waals surface area contributed by atoms with Gasteiger partial charge in [0.05, 0.1) is 5.75 Å². The molecule has 2 aromatic carbocycles. The van der Waals surface area contributed by atoms with Crippen LogP contribution in [0.1, 0.15) is 29.2 Å². The molecular formula is C21H23N3O3S. The molecule has 1 aliphatic heterocycles. The first-order valence-corrected chi connectivity index (χ1v) is 9.93. The summed E-state index contributed by atoms with van der Waals surface area (Å²) >= 11 is 1.39. The molecule has 0 bridgehead atoms. The Balaban J connectivity index is 1.68. The van der Waals surface area contributed by atoms with Gasteiger partial charge in [0.2, 0.25) is 5.91 Å². The number of nitrogens with one attached hydrogen (secondary N) is 2. The molecule has 2 N–H and O–H groups in total. The maximum Gasteiger partial charge on any atom is 0.344 e. The Kier molecular flexibility index (Phi) is 5.47. The summed E-state index contributed by atoms with van der Waals surface area (Å²) in [7, 11) is 0. The van der Waals surface area contributed by atoms with Crippen LogP contribution in [0.25, 0.3) is 0 Å². The van der Waals surface area contributed by atoms with Gasteiger partial charge in [-0.3, -0.25) is 15.0 Å². The summed E-state index contributed by atoms with van der Waals surface area (Å²) in [4.78, 5) is 38.5. The quantitative estimate of drug-likeness (QED) is 0.600. The van der Waals surface area contributed by atoms with Crippen molar-refractivity contribution in [2.75, 3.05) is 5.75 Å². The van der Waals surface area contributed by atoms with Crippen molar-refractivity contribution in [2.45, 2.75) is 38.1 Å². The molecule has 1 fully saturated rings. The van der Waals surface area contributed by atoms with E-state index in [1.807, 2.05) is 26.8 Å². The highest BCUT2D eigenvalue weighted by molar-refractivity contribution is 8.00. The van der Waals surface area contributed by atoms with Gasteiger partial charge in [-0.2, -0.15) is 5.01 Å². The largest absolute Gasteiger partial charge is 0.344 e. The third-order valence-corrected chi connectivity index (χ3v) is 6.07. The fourth-order valence-corrected chi connectivity index (χ4v) is 4.31. The van der Waals surface area contributed by atoms with E-state index in [4.69, 9.17) is 0 Å². The van der Waals surface area contributed by atoms with Crippen LogP contribution in [0.5, 0.6) is 0 Å². The molecule has 3 rings (SSSR count). The SMILES string of the molecule is Cc1cc(C)c(SCC(=O)NN2C(=O)N[C@@](C)(c3ccccc3)C2=O)c(C)c1. The Hall–Kier alpha value is -2.80. The van der Waals surface area contributed by atoms with Gasteiger partial charge < -0.3 is 5.32 Å². The van der Waals surface area contributed by atoms with Gasteiger partial charge in [-0.05, 0) is 44.4 Å². The summed E-state index contributed by atoms with van der Waals surface area (Å²) in [6, 6.07) is 12.4. The van der Waals surface area contributed by atoms with Crippen molar-refractivity contribution in [3.05, 3.63) is 64.7 Å². The van der Waals surface area contributed by atoms with Crippen molar-refractivity contribution >= 4 is 29.6 Å². The normalized spacial score (nSPS) is 18.9. The smallest absolute Gasteiger partial charge is 0.318 e. The second kappa shape index (κ2) is 7.67. The van der Waals surface area contributed by atoms with E-state index in [1.165, 1.54) is 17.3 Å². The molecule has 1 aliphatic rings. The third-order valence-electron chi connectivity index (χ3n) is 4.73. The number of urea groups is 1. The van der Waals surface area contributed by atoms with Gasteiger partial charge in [-0.15, -0.1) is 11.8 Å². The minimum absolute atomic E-state index is 0.101. The lowest BCUT2D eigenvalue weighted by Crippen LogP contribution is -2.48. The summed E-state index contributed by atoms with van der Waals surface area (Å²) in [5.74, 6) is -0.820. The van der Waals surface area contributed by atoms with Gasteiger partial charge in [0.15, 0.2) is 0 Å². The molecular weight excluding hydrogens is 374 g/mol. The van der Waals surface area contributed by atoms with Crippen LogP contribution < -0.4 is 10.7 Å². The van der Waals surface area contributed by atoms with E-state index in [9.17, 15) is 14.4 Å². The first kappa shape index (κ1) is 19.9. The highest BCUT2D eigenvalue weighted by Crippen LogP contribution is 2.29. The fourth-order valence-electron chi connectivity index (χ4n) is 3.40. The van der Waals surface area contributed by atoms with Gasteiger partial charge in [-0.25, -0.2) is 4.79 Å². The Morgan fingerprint density at radius 1 is 1.11 bits per heavy atom. The number of carbonyl (C=O) groups is 3. The second-order valence-electron chi connectivity index (χ2n) is 7.11. The zero-order chi connectivity index (χ0) is 20.5. The fraction of sp³-hybridized carbons (Fsp3) is 0.286. The van der Waals surface area contributed by atoms with E-state index in [0.29, 0.717) is 5.56 Å². The second-order valence-corrected chi connectivity index (χ2v) is 8.10. The number of amides is 4. The molecule has 1 atom stereocenters. The first-order valence-electron chi connectivity index (χ1n) is 8.94. The Morgan fingerprint density at radius 3 is 2.32 bits per heavy atom. The van der Waals surface area contributed by atoms with E-state index in [1.54, 1.807) is 31.2 Å². The number of imide groups is 1. The van der Waals surface area contributed by atoms with Crippen LogP contribution in [-0.2, 0) is 15.1 Å². The summed E-state index contributed by atoms with van der Waals surface area (Å²) in [5, 5.41) is 3.43. The Bertz CT molecular complexity index is 922. The molecule has 4 amide bonds. The van der Waals surface area contributed by atoms with Gasteiger partial charge in [0.25, 0.3) is 5.91 Å².